The Hall–Kier alpha value is -2.64. The number of nitrogens with zero attached hydrogens (tertiary/aromatic N) is 1. The van der Waals surface area contributed by atoms with Crippen molar-refractivity contribution in [1.29, 1.82) is 0 Å². The largest absolute Gasteiger partial charge is 0.480 e. The molecule has 0 saturated heterocycles. The molecular formula is C15H20N2O6. The Morgan fingerprint density at radius 2 is 1.78 bits per heavy atom. The minimum atomic E-state index is -1.33. The Labute approximate surface area is 133 Å². The van der Waals surface area contributed by atoms with Gasteiger partial charge in [0.2, 0.25) is 0 Å². The summed E-state index contributed by atoms with van der Waals surface area (Å²) in [5.41, 5.74) is -1.43. The smallest absolute Gasteiger partial charge is 0.326 e. The number of ether oxygens (including phenoxy) is 1. The predicted molar refractivity (Wildman–Crippen MR) is 82.2 cm³/mol. The lowest BCUT2D eigenvalue weighted by molar-refractivity contribution is -0.384. The number of nitro groups is 1. The van der Waals surface area contributed by atoms with E-state index >= 15 is 0 Å². The summed E-state index contributed by atoms with van der Waals surface area (Å²) in [6, 6.07) is 4.26. The fraction of sp³-hybridized carbons (Fsp3) is 0.467. The first-order valence-corrected chi connectivity index (χ1v) is 7.02. The first kappa shape index (κ1) is 18.4. The lowest BCUT2D eigenvalue weighted by atomic mass is 10.0. The van der Waals surface area contributed by atoms with Gasteiger partial charge in [0, 0.05) is 12.1 Å². The minimum absolute atomic E-state index is 0.0923. The number of carbonyl (C=O) groups excluding carboxylic acids is 1. The average Bonchev–Trinajstić information content (AvgIpc) is 2.43. The maximum atomic E-state index is 12.3. The van der Waals surface area contributed by atoms with Gasteiger partial charge in [0.15, 0.2) is 5.60 Å². The zero-order valence-electron chi connectivity index (χ0n) is 13.4. The fourth-order valence-corrected chi connectivity index (χ4v) is 1.81. The van der Waals surface area contributed by atoms with Crippen molar-refractivity contribution in [3.63, 3.8) is 0 Å². The molecule has 1 aromatic carbocycles. The molecule has 0 saturated carbocycles. The molecule has 2 N–H and O–H groups in total. The summed E-state index contributed by atoms with van der Waals surface area (Å²) in [5.74, 6) is -1.73. The molecule has 0 fully saturated rings. The summed E-state index contributed by atoms with van der Waals surface area (Å²) < 4.78 is 5.53. The molecule has 126 valence electrons. The van der Waals surface area contributed by atoms with Crippen molar-refractivity contribution in [2.45, 2.75) is 39.3 Å². The van der Waals surface area contributed by atoms with Crippen molar-refractivity contribution in [3.05, 3.63) is 34.4 Å². The van der Waals surface area contributed by atoms with Crippen LogP contribution in [0.4, 0.5) is 5.69 Å². The summed E-state index contributed by atoms with van der Waals surface area (Å²) in [6.45, 7) is 6.35. The Balaban J connectivity index is 2.82. The van der Waals surface area contributed by atoms with Gasteiger partial charge in [0.05, 0.1) is 4.92 Å². The highest BCUT2D eigenvalue weighted by atomic mass is 16.6. The summed E-state index contributed by atoms with van der Waals surface area (Å²) in [7, 11) is 0. The number of non-ortho nitro benzene ring substituents is 1. The van der Waals surface area contributed by atoms with E-state index in [1.54, 1.807) is 13.8 Å². The van der Waals surface area contributed by atoms with Gasteiger partial charge in [-0.05, 0) is 31.9 Å². The fourth-order valence-electron chi connectivity index (χ4n) is 1.81. The first-order chi connectivity index (χ1) is 10.5. The van der Waals surface area contributed by atoms with Crippen LogP contribution in [0.2, 0.25) is 0 Å². The highest BCUT2D eigenvalue weighted by Gasteiger charge is 2.34. The molecule has 0 aliphatic heterocycles. The molecule has 1 rings (SSSR count). The molecule has 23 heavy (non-hydrogen) atoms. The molecular weight excluding hydrogens is 304 g/mol. The second kappa shape index (κ2) is 7.08. The van der Waals surface area contributed by atoms with Crippen LogP contribution >= 0.6 is 0 Å². The molecule has 0 radical (unpaired) electrons. The number of carboxylic acids is 1. The lowest BCUT2D eigenvalue weighted by Gasteiger charge is -2.28. The van der Waals surface area contributed by atoms with Gasteiger partial charge in [-0.2, -0.15) is 0 Å². The van der Waals surface area contributed by atoms with Crippen LogP contribution < -0.4 is 10.1 Å². The van der Waals surface area contributed by atoms with Crippen molar-refractivity contribution in [2.24, 2.45) is 5.92 Å². The van der Waals surface area contributed by atoms with Crippen molar-refractivity contribution in [2.75, 3.05) is 0 Å². The van der Waals surface area contributed by atoms with E-state index in [1.165, 1.54) is 38.1 Å². The second-order valence-electron chi connectivity index (χ2n) is 5.90. The minimum Gasteiger partial charge on any atom is -0.480 e. The Morgan fingerprint density at radius 1 is 1.26 bits per heavy atom. The third kappa shape index (κ3) is 4.94. The standard InChI is InChI=1S/C15H20N2O6/c1-9(2)12(13(18)19)16-14(20)15(3,4)23-11-7-5-10(6-8-11)17(21)22/h5-9,12H,1-4H3,(H,16,20)(H,18,19). The quantitative estimate of drug-likeness (QED) is 0.584. The molecule has 0 aliphatic carbocycles. The van der Waals surface area contributed by atoms with Gasteiger partial charge in [-0.3, -0.25) is 14.9 Å². The average molecular weight is 324 g/mol. The normalized spacial score (nSPS) is 12.6. The zero-order chi connectivity index (χ0) is 17.8. The summed E-state index contributed by atoms with van der Waals surface area (Å²) >= 11 is 0. The number of amides is 1. The van der Waals surface area contributed by atoms with E-state index in [2.05, 4.69) is 5.32 Å². The van der Waals surface area contributed by atoms with E-state index < -0.39 is 28.4 Å². The molecule has 0 aromatic heterocycles. The first-order valence-electron chi connectivity index (χ1n) is 7.02. The molecule has 8 heteroatoms. The molecule has 0 aliphatic rings. The molecule has 0 spiro atoms. The van der Waals surface area contributed by atoms with Crippen LogP contribution in [0.5, 0.6) is 5.75 Å². The molecule has 1 unspecified atom stereocenters. The molecule has 1 amide bonds. The number of hydrogen-bond acceptors (Lipinski definition) is 5. The number of nitrogens with one attached hydrogen (secondary N) is 1. The van der Waals surface area contributed by atoms with Gasteiger partial charge in [-0.15, -0.1) is 0 Å². The van der Waals surface area contributed by atoms with Crippen molar-refractivity contribution < 1.29 is 24.4 Å². The summed E-state index contributed by atoms with van der Waals surface area (Å²) in [6.07, 6.45) is 0. The summed E-state index contributed by atoms with van der Waals surface area (Å²) in [4.78, 5) is 33.5. The van der Waals surface area contributed by atoms with Crippen LogP contribution in [0.15, 0.2) is 24.3 Å². The third-order valence-corrected chi connectivity index (χ3v) is 3.19. The Kier molecular flexibility index (Phi) is 5.67. The molecule has 1 atom stereocenters. The van der Waals surface area contributed by atoms with Gasteiger partial charge < -0.3 is 15.2 Å². The van der Waals surface area contributed by atoms with Crippen LogP contribution in [0.25, 0.3) is 0 Å². The third-order valence-electron chi connectivity index (χ3n) is 3.19. The van der Waals surface area contributed by atoms with Gasteiger partial charge in [-0.1, -0.05) is 13.8 Å². The van der Waals surface area contributed by atoms with E-state index in [4.69, 9.17) is 9.84 Å². The van der Waals surface area contributed by atoms with E-state index in [9.17, 15) is 19.7 Å². The van der Waals surface area contributed by atoms with Crippen molar-refractivity contribution in [1.82, 2.24) is 5.32 Å². The topological polar surface area (TPSA) is 119 Å². The van der Waals surface area contributed by atoms with E-state index in [-0.39, 0.29) is 17.4 Å². The van der Waals surface area contributed by atoms with Crippen LogP contribution in [-0.2, 0) is 9.59 Å². The van der Waals surface area contributed by atoms with Crippen molar-refractivity contribution in [3.8, 4) is 5.75 Å². The van der Waals surface area contributed by atoms with Crippen molar-refractivity contribution >= 4 is 17.6 Å². The highest BCUT2D eigenvalue weighted by molar-refractivity contribution is 5.89. The van der Waals surface area contributed by atoms with Gasteiger partial charge in [0.25, 0.3) is 11.6 Å². The van der Waals surface area contributed by atoms with Crippen LogP contribution in [0.3, 0.4) is 0 Å². The summed E-state index contributed by atoms with van der Waals surface area (Å²) in [5, 5.41) is 22.1. The second-order valence-corrected chi connectivity index (χ2v) is 5.90. The molecule has 0 bridgehead atoms. The Morgan fingerprint density at radius 3 is 2.17 bits per heavy atom. The van der Waals surface area contributed by atoms with Gasteiger partial charge in [-0.25, -0.2) is 4.79 Å². The Bertz CT molecular complexity index is 594. The van der Waals surface area contributed by atoms with Gasteiger partial charge >= 0.3 is 5.97 Å². The molecule has 8 nitrogen and oxygen atoms in total. The molecule has 0 heterocycles. The van der Waals surface area contributed by atoms with E-state index in [1.807, 2.05) is 0 Å². The predicted octanol–water partition coefficient (Wildman–Crippen LogP) is 1.98. The number of nitro benzene ring substituents is 1. The zero-order valence-corrected chi connectivity index (χ0v) is 13.4. The number of aliphatic carboxylic acids is 1. The van der Waals surface area contributed by atoms with E-state index in [0.29, 0.717) is 0 Å². The van der Waals surface area contributed by atoms with Crippen LogP contribution in [0, 0.1) is 16.0 Å². The highest BCUT2D eigenvalue weighted by Crippen LogP contribution is 2.22. The SMILES string of the molecule is CC(C)C(NC(=O)C(C)(C)Oc1ccc([N+](=O)[O-])cc1)C(=O)O. The van der Waals surface area contributed by atoms with E-state index in [0.717, 1.165) is 0 Å². The monoisotopic (exact) mass is 324 g/mol. The number of carboxylic acid groups (broad SMARTS) is 1. The number of hydrogen-bond donors (Lipinski definition) is 2. The van der Waals surface area contributed by atoms with Crippen LogP contribution in [-0.4, -0.2) is 33.5 Å². The number of carbonyl (C=O) groups is 2. The lowest BCUT2D eigenvalue weighted by Crippen LogP contribution is -2.53. The number of benzene rings is 1. The number of rotatable bonds is 7. The van der Waals surface area contributed by atoms with Gasteiger partial charge in [0.1, 0.15) is 11.8 Å². The van der Waals surface area contributed by atoms with Crippen LogP contribution in [0.1, 0.15) is 27.7 Å². The maximum Gasteiger partial charge on any atom is 0.326 e. The maximum absolute atomic E-state index is 12.3. The molecule has 1 aromatic rings.